The van der Waals surface area contributed by atoms with Crippen LogP contribution in [0.15, 0.2) is 24.3 Å². The van der Waals surface area contributed by atoms with E-state index in [9.17, 15) is 0 Å². The highest BCUT2D eigenvalue weighted by atomic mass is 15.1. The summed E-state index contributed by atoms with van der Waals surface area (Å²) in [6, 6.07) is 8.99. The van der Waals surface area contributed by atoms with Gasteiger partial charge in [-0.1, -0.05) is 25.5 Å². The number of aryl methyl sites for hydroxylation is 1. The minimum absolute atomic E-state index is 0.520. The number of imidazole rings is 1. The SMILES string of the molecule is CCC1CCC(CN)C(n2c(C)nc3ccccc32)C1. The molecule has 0 radical (unpaired) electrons. The predicted molar refractivity (Wildman–Crippen MR) is 83.7 cm³/mol. The maximum Gasteiger partial charge on any atom is 0.106 e. The average molecular weight is 271 g/mol. The fourth-order valence-corrected chi connectivity index (χ4v) is 3.84. The second kappa shape index (κ2) is 5.57. The molecule has 3 nitrogen and oxygen atoms in total. The van der Waals surface area contributed by atoms with E-state index >= 15 is 0 Å². The summed E-state index contributed by atoms with van der Waals surface area (Å²) in [6.45, 7) is 5.22. The molecule has 0 amide bonds. The summed E-state index contributed by atoms with van der Waals surface area (Å²) >= 11 is 0. The summed E-state index contributed by atoms with van der Waals surface area (Å²) in [5.41, 5.74) is 8.43. The molecule has 3 atom stereocenters. The maximum absolute atomic E-state index is 6.05. The van der Waals surface area contributed by atoms with E-state index in [4.69, 9.17) is 10.7 Å². The molecule has 3 unspecified atom stereocenters. The number of nitrogens with two attached hydrogens (primary N) is 1. The van der Waals surface area contributed by atoms with Gasteiger partial charge in [-0.3, -0.25) is 0 Å². The predicted octanol–water partition coefficient (Wildman–Crippen LogP) is 3.67. The van der Waals surface area contributed by atoms with Gasteiger partial charge in [-0.05, 0) is 56.7 Å². The van der Waals surface area contributed by atoms with Crippen LogP contribution in [-0.2, 0) is 0 Å². The van der Waals surface area contributed by atoms with Gasteiger partial charge in [0.2, 0.25) is 0 Å². The molecule has 0 bridgehead atoms. The van der Waals surface area contributed by atoms with Gasteiger partial charge in [-0.15, -0.1) is 0 Å². The Bertz CT molecular complexity index is 587. The number of fused-ring (bicyclic) bond motifs is 1. The van der Waals surface area contributed by atoms with Gasteiger partial charge in [0.15, 0.2) is 0 Å². The molecule has 2 N–H and O–H groups in total. The largest absolute Gasteiger partial charge is 0.330 e. The minimum Gasteiger partial charge on any atom is -0.330 e. The van der Waals surface area contributed by atoms with Gasteiger partial charge in [0.25, 0.3) is 0 Å². The first-order chi connectivity index (χ1) is 9.74. The molecular formula is C17H25N3. The van der Waals surface area contributed by atoms with Crippen LogP contribution in [0.25, 0.3) is 11.0 Å². The highest BCUT2D eigenvalue weighted by molar-refractivity contribution is 5.76. The number of benzene rings is 1. The van der Waals surface area contributed by atoms with E-state index in [2.05, 4.69) is 42.7 Å². The fraction of sp³-hybridized carbons (Fsp3) is 0.588. The van der Waals surface area contributed by atoms with Crippen LogP contribution in [-0.4, -0.2) is 16.1 Å². The molecule has 2 aromatic rings. The third-order valence-corrected chi connectivity index (χ3v) is 5.05. The van der Waals surface area contributed by atoms with E-state index in [0.717, 1.165) is 23.8 Å². The van der Waals surface area contributed by atoms with E-state index in [1.807, 2.05) is 0 Å². The molecule has 20 heavy (non-hydrogen) atoms. The molecule has 1 heterocycles. The van der Waals surface area contributed by atoms with Crippen LogP contribution in [0.1, 0.15) is 44.5 Å². The van der Waals surface area contributed by atoms with E-state index < -0.39 is 0 Å². The van der Waals surface area contributed by atoms with Crippen LogP contribution in [0, 0.1) is 18.8 Å². The molecule has 1 aliphatic carbocycles. The third kappa shape index (κ3) is 2.24. The summed E-state index contributed by atoms with van der Waals surface area (Å²) in [5, 5.41) is 0. The van der Waals surface area contributed by atoms with Crippen LogP contribution in [0.3, 0.4) is 0 Å². The minimum atomic E-state index is 0.520. The van der Waals surface area contributed by atoms with E-state index in [1.165, 1.54) is 31.2 Å². The molecule has 1 fully saturated rings. The van der Waals surface area contributed by atoms with Crippen LogP contribution in [0.5, 0.6) is 0 Å². The Morgan fingerprint density at radius 3 is 2.85 bits per heavy atom. The molecule has 0 saturated heterocycles. The van der Waals surface area contributed by atoms with Crippen molar-refractivity contribution in [2.24, 2.45) is 17.6 Å². The van der Waals surface area contributed by atoms with Gasteiger partial charge >= 0.3 is 0 Å². The molecule has 1 aromatic carbocycles. The van der Waals surface area contributed by atoms with E-state index in [0.29, 0.717) is 12.0 Å². The standard InChI is InChI=1S/C17H25N3/c1-3-13-8-9-14(11-18)17(10-13)20-12(2)19-15-6-4-5-7-16(15)20/h4-7,13-14,17H,3,8-11,18H2,1-2H3. The monoisotopic (exact) mass is 271 g/mol. The topological polar surface area (TPSA) is 43.8 Å². The average Bonchev–Trinajstić information content (AvgIpc) is 2.82. The molecule has 1 aliphatic rings. The lowest BCUT2D eigenvalue weighted by molar-refractivity contribution is 0.186. The quantitative estimate of drug-likeness (QED) is 0.925. The van der Waals surface area contributed by atoms with Crippen molar-refractivity contribution in [1.82, 2.24) is 9.55 Å². The lowest BCUT2D eigenvalue weighted by atomic mass is 9.77. The molecule has 3 rings (SSSR count). The smallest absolute Gasteiger partial charge is 0.106 e. The van der Waals surface area contributed by atoms with Crippen LogP contribution in [0.2, 0.25) is 0 Å². The first-order valence-corrected chi connectivity index (χ1v) is 7.88. The molecule has 1 aromatic heterocycles. The second-order valence-electron chi connectivity index (χ2n) is 6.17. The second-order valence-corrected chi connectivity index (χ2v) is 6.17. The molecule has 3 heteroatoms. The van der Waals surface area contributed by atoms with Crippen molar-refractivity contribution >= 4 is 11.0 Å². The first-order valence-electron chi connectivity index (χ1n) is 7.88. The third-order valence-electron chi connectivity index (χ3n) is 5.05. The van der Waals surface area contributed by atoms with Gasteiger partial charge in [-0.2, -0.15) is 0 Å². The Morgan fingerprint density at radius 1 is 1.30 bits per heavy atom. The highest BCUT2D eigenvalue weighted by Gasteiger charge is 2.31. The Kier molecular flexibility index (Phi) is 3.79. The van der Waals surface area contributed by atoms with Gasteiger partial charge in [0.1, 0.15) is 5.82 Å². The van der Waals surface area contributed by atoms with Crippen molar-refractivity contribution in [2.45, 2.75) is 45.6 Å². The normalized spacial score (nSPS) is 27.1. The first kappa shape index (κ1) is 13.6. The Balaban J connectivity index is 2.04. The Morgan fingerprint density at radius 2 is 2.10 bits per heavy atom. The van der Waals surface area contributed by atoms with Crippen LogP contribution in [0.4, 0.5) is 0 Å². The van der Waals surface area contributed by atoms with Crippen molar-refractivity contribution in [3.05, 3.63) is 30.1 Å². The van der Waals surface area contributed by atoms with Gasteiger partial charge < -0.3 is 10.3 Å². The number of para-hydroxylation sites is 2. The summed E-state index contributed by atoms with van der Waals surface area (Å²) in [4.78, 5) is 4.73. The number of aromatic nitrogens is 2. The zero-order valence-corrected chi connectivity index (χ0v) is 12.5. The number of nitrogens with zero attached hydrogens (tertiary/aromatic N) is 2. The summed E-state index contributed by atoms with van der Waals surface area (Å²) in [6.07, 6.45) is 5.12. The summed E-state index contributed by atoms with van der Waals surface area (Å²) < 4.78 is 2.45. The number of hydrogen-bond donors (Lipinski definition) is 1. The van der Waals surface area contributed by atoms with Crippen molar-refractivity contribution in [3.63, 3.8) is 0 Å². The molecular weight excluding hydrogens is 246 g/mol. The summed E-state index contributed by atoms with van der Waals surface area (Å²) in [5.74, 6) is 2.56. The molecule has 1 saturated carbocycles. The Labute approximate surface area is 121 Å². The number of rotatable bonds is 3. The molecule has 108 valence electrons. The maximum atomic E-state index is 6.05. The van der Waals surface area contributed by atoms with Crippen molar-refractivity contribution in [3.8, 4) is 0 Å². The van der Waals surface area contributed by atoms with Crippen molar-refractivity contribution in [1.29, 1.82) is 0 Å². The van der Waals surface area contributed by atoms with Gasteiger partial charge in [0, 0.05) is 6.04 Å². The molecule has 0 aliphatic heterocycles. The van der Waals surface area contributed by atoms with E-state index in [-0.39, 0.29) is 0 Å². The van der Waals surface area contributed by atoms with Crippen molar-refractivity contribution in [2.75, 3.05) is 6.54 Å². The Hall–Kier alpha value is -1.35. The van der Waals surface area contributed by atoms with Crippen molar-refractivity contribution < 1.29 is 0 Å². The fourth-order valence-electron chi connectivity index (χ4n) is 3.84. The lowest BCUT2D eigenvalue weighted by Gasteiger charge is -2.37. The highest BCUT2D eigenvalue weighted by Crippen LogP contribution is 2.40. The van der Waals surface area contributed by atoms with E-state index in [1.54, 1.807) is 0 Å². The van der Waals surface area contributed by atoms with Crippen LogP contribution < -0.4 is 5.73 Å². The zero-order valence-electron chi connectivity index (χ0n) is 12.5. The molecule has 0 spiro atoms. The number of hydrogen-bond acceptors (Lipinski definition) is 2. The lowest BCUT2D eigenvalue weighted by Crippen LogP contribution is -2.32. The van der Waals surface area contributed by atoms with Gasteiger partial charge in [-0.25, -0.2) is 4.98 Å². The van der Waals surface area contributed by atoms with Crippen LogP contribution >= 0.6 is 0 Å². The zero-order chi connectivity index (χ0) is 14.1. The summed E-state index contributed by atoms with van der Waals surface area (Å²) in [7, 11) is 0. The van der Waals surface area contributed by atoms with Gasteiger partial charge in [0.05, 0.1) is 11.0 Å².